The van der Waals surface area contributed by atoms with Crippen LogP contribution in [-0.4, -0.2) is 77.6 Å². The topological polar surface area (TPSA) is 31.6 Å². The third-order valence-corrected chi connectivity index (χ3v) is 4.48. The van der Waals surface area contributed by atoms with Gasteiger partial charge in [-0.25, -0.2) is 0 Å². The molecule has 0 amide bonds. The molecule has 1 heterocycles. The summed E-state index contributed by atoms with van der Waals surface area (Å²) >= 11 is 0. The Morgan fingerprint density at radius 3 is 1.44 bits per heavy atom. The molecule has 0 unspecified atom stereocenters. The second kappa shape index (κ2) is 7.41. The van der Waals surface area contributed by atoms with Crippen molar-refractivity contribution in [2.75, 3.05) is 68.6 Å². The molecule has 0 N–H and O–H groups in total. The average molecular weight is 373 g/mol. The van der Waals surface area contributed by atoms with Gasteiger partial charge in [-0.05, 0) is 24.3 Å². The van der Waals surface area contributed by atoms with Gasteiger partial charge >= 0.3 is 0 Å². The zero-order valence-corrected chi connectivity index (χ0v) is 17.4. The number of furan rings is 1. The molecule has 0 aliphatic carbocycles. The molecule has 3 rings (SSSR count). The number of hydrogen-bond acceptors (Lipinski definition) is 3. The van der Waals surface area contributed by atoms with Crippen molar-refractivity contribution in [3.05, 3.63) is 36.4 Å². The maximum Gasteiger partial charge on any atom is 0.139 e. The largest absolute Gasteiger partial charge is 0.488 e. The minimum atomic E-state index is 0.680. The van der Waals surface area contributed by atoms with E-state index in [1.54, 1.807) is 0 Å². The Kier molecular flexibility index (Phi) is 5.36. The SMILES string of the molecule is C[N+](C)(C)CCOc1ccc2c(c1)oc1cc(OCC[N+](C)(C)C)ccc12. The van der Waals surface area contributed by atoms with E-state index in [1.807, 2.05) is 24.3 Å². The summed E-state index contributed by atoms with van der Waals surface area (Å²) in [4.78, 5) is 0. The molecule has 146 valence electrons. The van der Waals surface area contributed by atoms with E-state index in [4.69, 9.17) is 13.9 Å². The van der Waals surface area contributed by atoms with Crippen LogP contribution in [0.4, 0.5) is 0 Å². The molecule has 3 aromatic rings. The van der Waals surface area contributed by atoms with Crippen LogP contribution >= 0.6 is 0 Å². The molecule has 0 aliphatic rings. The van der Waals surface area contributed by atoms with Crippen molar-refractivity contribution in [2.24, 2.45) is 0 Å². The van der Waals surface area contributed by atoms with Crippen molar-refractivity contribution >= 4 is 21.9 Å². The minimum Gasteiger partial charge on any atom is -0.488 e. The molecule has 0 saturated heterocycles. The lowest BCUT2D eigenvalue weighted by Gasteiger charge is -2.23. The minimum absolute atomic E-state index is 0.680. The molecule has 0 bridgehead atoms. The Labute approximate surface area is 161 Å². The van der Waals surface area contributed by atoms with E-state index in [0.29, 0.717) is 13.2 Å². The van der Waals surface area contributed by atoms with Gasteiger partial charge in [-0.1, -0.05) is 0 Å². The molecule has 0 atom stereocenters. The summed E-state index contributed by atoms with van der Waals surface area (Å²) < 4.78 is 19.6. The fourth-order valence-corrected chi connectivity index (χ4v) is 2.79. The fourth-order valence-electron chi connectivity index (χ4n) is 2.79. The van der Waals surface area contributed by atoms with Gasteiger partial charge in [0, 0.05) is 22.9 Å². The molecular weight excluding hydrogens is 340 g/mol. The molecule has 0 radical (unpaired) electrons. The van der Waals surface area contributed by atoms with E-state index in [0.717, 1.165) is 55.5 Å². The highest BCUT2D eigenvalue weighted by Crippen LogP contribution is 2.33. The van der Waals surface area contributed by atoms with Crippen LogP contribution < -0.4 is 9.47 Å². The van der Waals surface area contributed by atoms with Gasteiger partial charge in [-0.2, -0.15) is 0 Å². The van der Waals surface area contributed by atoms with Gasteiger partial charge in [-0.3, -0.25) is 0 Å². The Hall–Kier alpha value is -2.24. The molecule has 0 spiro atoms. The van der Waals surface area contributed by atoms with Crippen LogP contribution in [0, 0.1) is 0 Å². The van der Waals surface area contributed by atoms with Crippen molar-refractivity contribution in [3.8, 4) is 11.5 Å². The standard InChI is InChI=1S/C22H32N2O3/c1-23(2,3)11-13-25-17-7-9-19-20-10-8-18(26-14-12-24(4,5)6)16-22(20)27-21(19)15-17/h7-10,15-16H,11-14H2,1-6H3/q+2. The number of ether oxygens (including phenoxy) is 2. The maximum absolute atomic E-state index is 6.06. The smallest absolute Gasteiger partial charge is 0.139 e. The first-order valence-electron chi connectivity index (χ1n) is 9.44. The van der Waals surface area contributed by atoms with Crippen molar-refractivity contribution in [2.45, 2.75) is 0 Å². The molecule has 0 aliphatic heterocycles. The Morgan fingerprint density at radius 1 is 0.667 bits per heavy atom. The molecular formula is C22H32N2O3+2. The summed E-state index contributed by atoms with van der Waals surface area (Å²) in [5, 5.41) is 2.20. The summed E-state index contributed by atoms with van der Waals surface area (Å²) in [6, 6.07) is 12.1. The number of nitrogens with zero attached hydrogens (tertiary/aromatic N) is 2. The third kappa shape index (κ3) is 5.37. The van der Waals surface area contributed by atoms with Gasteiger partial charge in [0.25, 0.3) is 0 Å². The van der Waals surface area contributed by atoms with Crippen molar-refractivity contribution in [1.82, 2.24) is 0 Å². The Bertz CT molecular complexity index is 843. The van der Waals surface area contributed by atoms with Crippen molar-refractivity contribution in [1.29, 1.82) is 0 Å². The van der Waals surface area contributed by atoms with Crippen LogP contribution in [-0.2, 0) is 0 Å². The molecule has 5 heteroatoms. The van der Waals surface area contributed by atoms with Crippen LogP contribution in [0.3, 0.4) is 0 Å². The average Bonchev–Trinajstić information content (AvgIpc) is 2.89. The van der Waals surface area contributed by atoms with E-state index in [1.165, 1.54) is 0 Å². The second-order valence-corrected chi connectivity index (χ2v) is 9.14. The van der Waals surface area contributed by atoms with E-state index >= 15 is 0 Å². The van der Waals surface area contributed by atoms with Gasteiger partial charge in [0.15, 0.2) is 0 Å². The number of likely N-dealkylation sites (N-methyl/N-ethyl adjacent to an activating group) is 2. The Morgan fingerprint density at radius 2 is 1.07 bits per heavy atom. The van der Waals surface area contributed by atoms with Crippen molar-refractivity contribution in [3.63, 3.8) is 0 Å². The second-order valence-electron chi connectivity index (χ2n) is 9.14. The molecule has 2 aromatic carbocycles. The monoisotopic (exact) mass is 372 g/mol. The van der Waals surface area contributed by atoms with Crippen LogP contribution in [0.25, 0.3) is 21.9 Å². The maximum atomic E-state index is 6.06. The van der Waals surface area contributed by atoms with E-state index in [-0.39, 0.29) is 0 Å². The predicted molar refractivity (Wildman–Crippen MR) is 111 cm³/mol. The van der Waals surface area contributed by atoms with Gasteiger partial charge in [0.1, 0.15) is 49.0 Å². The van der Waals surface area contributed by atoms with Gasteiger partial charge in [-0.15, -0.1) is 0 Å². The van der Waals surface area contributed by atoms with E-state index < -0.39 is 0 Å². The molecule has 27 heavy (non-hydrogen) atoms. The molecule has 5 nitrogen and oxygen atoms in total. The highest BCUT2D eigenvalue weighted by molar-refractivity contribution is 6.05. The summed E-state index contributed by atoms with van der Waals surface area (Å²) in [6.45, 7) is 3.26. The first-order valence-corrected chi connectivity index (χ1v) is 9.44. The fraction of sp³-hybridized carbons (Fsp3) is 0.455. The lowest BCUT2D eigenvalue weighted by molar-refractivity contribution is -0.870. The summed E-state index contributed by atoms with van der Waals surface area (Å²) in [7, 11) is 13.0. The predicted octanol–water partition coefficient (Wildman–Crippen LogP) is 3.76. The normalized spacial score (nSPS) is 12.7. The number of hydrogen-bond donors (Lipinski definition) is 0. The van der Waals surface area contributed by atoms with Gasteiger partial charge in [0.05, 0.1) is 42.3 Å². The van der Waals surface area contributed by atoms with Crippen LogP contribution in [0.15, 0.2) is 40.8 Å². The zero-order chi connectivity index (χ0) is 19.7. The number of quaternary nitrogens is 2. The zero-order valence-electron chi connectivity index (χ0n) is 17.4. The molecule has 0 saturated carbocycles. The number of rotatable bonds is 8. The quantitative estimate of drug-likeness (QED) is 0.564. The summed E-state index contributed by atoms with van der Waals surface area (Å²) in [6.07, 6.45) is 0. The highest BCUT2D eigenvalue weighted by atomic mass is 16.5. The lowest BCUT2D eigenvalue weighted by atomic mass is 10.1. The lowest BCUT2D eigenvalue weighted by Crippen LogP contribution is -2.38. The van der Waals surface area contributed by atoms with Crippen molar-refractivity contribution < 1.29 is 22.9 Å². The van der Waals surface area contributed by atoms with E-state index in [9.17, 15) is 0 Å². The van der Waals surface area contributed by atoms with Crippen LogP contribution in [0.5, 0.6) is 11.5 Å². The first-order chi connectivity index (χ1) is 12.6. The molecule has 1 aromatic heterocycles. The first kappa shape index (κ1) is 19.5. The highest BCUT2D eigenvalue weighted by Gasteiger charge is 2.12. The summed E-state index contributed by atoms with van der Waals surface area (Å²) in [5.41, 5.74) is 1.69. The van der Waals surface area contributed by atoms with Gasteiger partial charge in [0.2, 0.25) is 0 Å². The molecule has 0 fully saturated rings. The summed E-state index contributed by atoms with van der Waals surface area (Å²) in [5.74, 6) is 1.68. The Balaban J connectivity index is 1.74. The number of fused-ring (bicyclic) bond motifs is 3. The van der Waals surface area contributed by atoms with Gasteiger partial charge < -0.3 is 22.9 Å². The van der Waals surface area contributed by atoms with Crippen LogP contribution in [0.2, 0.25) is 0 Å². The van der Waals surface area contributed by atoms with E-state index in [2.05, 4.69) is 54.4 Å². The number of benzene rings is 2. The third-order valence-electron chi connectivity index (χ3n) is 4.48. The van der Waals surface area contributed by atoms with Crippen LogP contribution in [0.1, 0.15) is 0 Å².